The first-order valence-corrected chi connectivity index (χ1v) is 5.01. The number of amides is 1. The van der Waals surface area contributed by atoms with Crippen molar-refractivity contribution in [2.24, 2.45) is 0 Å². The van der Waals surface area contributed by atoms with Crippen LogP contribution in [0.2, 0.25) is 0 Å². The summed E-state index contributed by atoms with van der Waals surface area (Å²) >= 11 is 0. The van der Waals surface area contributed by atoms with Gasteiger partial charge in [0.05, 0.1) is 17.4 Å². The highest BCUT2D eigenvalue weighted by molar-refractivity contribution is 6.03. The van der Waals surface area contributed by atoms with E-state index in [9.17, 15) is 4.79 Å². The van der Waals surface area contributed by atoms with Crippen LogP contribution in [-0.4, -0.2) is 21.1 Å². The second-order valence-corrected chi connectivity index (χ2v) is 3.57. The number of rotatable bonds is 1. The first kappa shape index (κ1) is 9.59. The molecule has 6 heteroatoms. The highest BCUT2D eigenvalue weighted by Gasteiger charge is 2.28. The summed E-state index contributed by atoms with van der Waals surface area (Å²) in [6.45, 7) is 3.81. The van der Waals surface area contributed by atoms with E-state index in [0.29, 0.717) is 17.2 Å². The number of fused-ring (bicyclic) bond motifs is 1. The van der Waals surface area contributed by atoms with Gasteiger partial charge in [0.1, 0.15) is 5.82 Å². The molecule has 84 valence electrons. The third-order valence-corrected chi connectivity index (χ3v) is 2.51. The van der Waals surface area contributed by atoms with Gasteiger partial charge in [-0.1, -0.05) is 6.58 Å². The number of hydrogen-bond donors (Lipinski definition) is 2. The Morgan fingerprint density at radius 2 is 2.29 bits per heavy atom. The Kier molecular flexibility index (Phi) is 1.94. The van der Waals surface area contributed by atoms with Crippen molar-refractivity contribution in [3.8, 4) is 0 Å². The Morgan fingerprint density at radius 1 is 1.41 bits per heavy atom. The van der Waals surface area contributed by atoms with Gasteiger partial charge in [-0.2, -0.15) is 5.10 Å². The van der Waals surface area contributed by atoms with Crippen LogP contribution in [0.4, 0.5) is 11.5 Å². The third-order valence-electron chi connectivity index (χ3n) is 2.51. The molecule has 0 fully saturated rings. The molecule has 1 amide bonds. The molecular formula is C11H9N5O. The second-order valence-electron chi connectivity index (χ2n) is 3.57. The maximum absolute atomic E-state index is 11.7. The van der Waals surface area contributed by atoms with E-state index in [0.717, 1.165) is 5.69 Å². The summed E-state index contributed by atoms with van der Waals surface area (Å²) in [5, 5.41) is 9.28. The third kappa shape index (κ3) is 1.38. The summed E-state index contributed by atoms with van der Waals surface area (Å²) in [5.41, 5.74) is 1.29. The zero-order chi connectivity index (χ0) is 11.8. The minimum atomic E-state index is -0.196. The number of aromatic amines is 1. The average molecular weight is 227 g/mol. The number of hydrogen-bond acceptors (Lipinski definition) is 4. The van der Waals surface area contributed by atoms with Crippen molar-refractivity contribution < 1.29 is 4.79 Å². The maximum Gasteiger partial charge on any atom is 0.260 e. The van der Waals surface area contributed by atoms with Crippen molar-refractivity contribution in [1.82, 2.24) is 20.5 Å². The first-order valence-electron chi connectivity index (χ1n) is 5.01. The van der Waals surface area contributed by atoms with Crippen molar-refractivity contribution in [3.05, 3.63) is 48.7 Å². The Morgan fingerprint density at radius 3 is 3.06 bits per heavy atom. The van der Waals surface area contributed by atoms with Crippen molar-refractivity contribution >= 4 is 17.4 Å². The molecule has 1 aliphatic rings. The molecule has 2 aromatic rings. The molecular weight excluding hydrogens is 218 g/mol. The highest BCUT2D eigenvalue weighted by Crippen LogP contribution is 2.31. The van der Waals surface area contributed by atoms with Gasteiger partial charge in [-0.25, -0.2) is 4.98 Å². The molecule has 0 unspecified atom stereocenters. The van der Waals surface area contributed by atoms with Crippen molar-refractivity contribution in [2.75, 3.05) is 4.90 Å². The standard InChI is InChI=1S/C11H9N5O/c1-7-15-11(17)9-3-2-4-12-10(9)16(7)8-5-13-14-6-8/h2-6H,1H2,(H,13,14)(H,15,17). The first-order chi connectivity index (χ1) is 8.27. The van der Waals surface area contributed by atoms with Crippen LogP contribution in [0.15, 0.2) is 43.1 Å². The van der Waals surface area contributed by atoms with E-state index in [2.05, 4.69) is 27.1 Å². The molecule has 0 saturated heterocycles. The predicted octanol–water partition coefficient (Wildman–Crippen LogP) is 1.16. The molecule has 3 heterocycles. The Bertz CT molecular complexity index is 590. The summed E-state index contributed by atoms with van der Waals surface area (Å²) in [4.78, 5) is 17.7. The molecule has 0 aliphatic carbocycles. The van der Waals surface area contributed by atoms with Gasteiger partial charge in [0.2, 0.25) is 0 Å². The van der Waals surface area contributed by atoms with E-state index >= 15 is 0 Å². The normalized spacial score (nSPS) is 14.5. The molecule has 1 aliphatic heterocycles. The number of pyridine rings is 1. The van der Waals surface area contributed by atoms with Gasteiger partial charge < -0.3 is 5.32 Å². The quantitative estimate of drug-likeness (QED) is 0.766. The summed E-state index contributed by atoms with van der Waals surface area (Å²) in [5.74, 6) is 0.822. The fourth-order valence-electron chi connectivity index (χ4n) is 1.78. The smallest absolute Gasteiger partial charge is 0.260 e. The number of anilines is 2. The number of carbonyl (C=O) groups is 1. The van der Waals surface area contributed by atoms with E-state index in [4.69, 9.17) is 0 Å². The van der Waals surface area contributed by atoms with Crippen molar-refractivity contribution in [1.29, 1.82) is 0 Å². The van der Waals surface area contributed by atoms with E-state index in [-0.39, 0.29) is 5.91 Å². The Balaban J connectivity index is 2.19. The van der Waals surface area contributed by atoms with Crippen LogP contribution in [0.1, 0.15) is 10.4 Å². The Hall–Kier alpha value is -2.63. The van der Waals surface area contributed by atoms with Crippen LogP contribution in [0, 0.1) is 0 Å². The number of carbonyl (C=O) groups excluding carboxylic acids is 1. The molecule has 2 N–H and O–H groups in total. The van der Waals surface area contributed by atoms with Crippen molar-refractivity contribution in [3.63, 3.8) is 0 Å². The zero-order valence-electron chi connectivity index (χ0n) is 8.84. The SMILES string of the molecule is C=C1NC(=O)c2cccnc2N1c1cn[nH]c1. The van der Waals surface area contributed by atoms with Gasteiger partial charge in [-0.05, 0) is 12.1 Å². The fraction of sp³-hybridized carbons (Fsp3) is 0. The Labute approximate surface area is 97.0 Å². The zero-order valence-corrected chi connectivity index (χ0v) is 8.84. The molecule has 0 atom stereocenters. The predicted molar refractivity (Wildman–Crippen MR) is 61.6 cm³/mol. The van der Waals surface area contributed by atoms with Crippen LogP contribution in [0.25, 0.3) is 0 Å². The van der Waals surface area contributed by atoms with Crippen LogP contribution in [0.3, 0.4) is 0 Å². The molecule has 0 saturated carbocycles. The van der Waals surface area contributed by atoms with Gasteiger partial charge >= 0.3 is 0 Å². The van der Waals surface area contributed by atoms with Gasteiger partial charge in [-0.3, -0.25) is 14.8 Å². The topological polar surface area (TPSA) is 73.9 Å². The lowest BCUT2D eigenvalue weighted by molar-refractivity contribution is 0.0961. The van der Waals surface area contributed by atoms with Crippen LogP contribution in [0.5, 0.6) is 0 Å². The van der Waals surface area contributed by atoms with Gasteiger partial charge in [0.15, 0.2) is 5.82 Å². The summed E-state index contributed by atoms with van der Waals surface area (Å²) in [6, 6.07) is 3.44. The van der Waals surface area contributed by atoms with Gasteiger partial charge in [-0.15, -0.1) is 0 Å². The minimum Gasteiger partial charge on any atom is -0.308 e. The van der Waals surface area contributed by atoms with Crippen LogP contribution < -0.4 is 10.2 Å². The molecule has 0 spiro atoms. The average Bonchev–Trinajstić information content (AvgIpc) is 2.83. The van der Waals surface area contributed by atoms with E-state index in [1.807, 2.05) is 0 Å². The lowest BCUT2D eigenvalue weighted by atomic mass is 10.2. The van der Waals surface area contributed by atoms with E-state index < -0.39 is 0 Å². The number of nitrogens with one attached hydrogen (secondary N) is 2. The summed E-state index contributed by atoms with van der Waals surface area (Å²) in [6.07, 6.45) is 4.99. The molecule has 6 nitrogen and oxygen atoms in total. The van der Waals surface area contributed by atoms with Gasteiger partial charge in [0.25, 0.3) is 5.91 Å². The van der Waals surface area contributed by atoms with Crippen LogP contribution >= 0.6 is 0 Å². The van der Waals surface area contributed by atoms with E-state index in [1.165, 1.54) is 0 Å². The van der Waals surface area contributed by atoms with Crippen molar-refractivity contribution in [2.45, 2.75) is 0 Å². The molecule has 2 aromatic heterocycles. The minimum absolute atomic E-state index is 0.196. The molecule has 17 heavy (non-hydrogen) atoms. The monoisotopic (exact) mass is 227 g/mol. The van der Waals surface area contributed by atoms with Gasteiger partial charge in [0, 0.05) is 12.4 Å². The molecule has 0 bridgehead atoms. The maximum atomic E-state index is 11.7. The molecule has 3 rings (SSSR count). The fourth-order valence-corrected chi connectivity index (χ4v) is 1.78. The molecule has 0 radical (unpaired) electrons. The van der Waals surface area contributed by atoms with Crippen LogP contribution in [-0.2, 0) is 0 Å². The summed E-state index contributed by atoms with van der Waals surface area (Å²) < 4.78 is 0. The number of H-pyrrole nitrogens is 1. The number of nitrogens with zero attached hydrogens (tertiary/aromatic N) is 3. The lowest BCUT2D eigenvalue weighted by Crippen LogP contribution is -2.38. The lowest BCUT2D eigenvalue weighted by Gasteiger charge is -2.30. The largest absolute Gasteiger partial charge is 0.308 e. The second kappa shape index (κ2) is 3.44. The number of aromatic nitrogens is 3. The summed E-state index contributed by atoms with van der Waals surface area (Å²) in [7, 11) is 0. The highest BCUT2D eigenvalue weighted by atomic mass is 16.2. The molecule has 0 aromatic carbocycles. The van der Waals surface area contributed by atoms with E-state index in [1.54, 1.807) is 35.6 Å².